The van der Waals surface area contributed by atoms with Crippen molar-refractivity contribution >= 4 is 0 Å². The maximum Gasteiger partial charge on any atom is 0.257 e. The number of H-pyrrole nitrogens is 1. The van der Waals surface area contributed by atoms with Crippen LogP contribution in [0.4, 0.5) is 0 Å². The fourth-order valence-corrected chi connectivity index (χ4v) is 6.60. The van der Waals surface area contributed by atoms with Crippen LogP contribution in [-0.2, 0) is 0 Å². The van der Waals surface area contributed by atoms with Gasteiger partial charge in [-0.2, -0.15) is 0 Å². The molecule has 1 N–H and O–H groups in total. The minimum absolute atomic E-state index is 0.621. The molecule has 0 aliphatic heterocycles. The Morgan fingerprint density at radius 1 is 0.475 bits per heavy atom. The van der Waals surface area contributed by atoms with Crippen LogP contribution in [0.1, 0.15) is 232 Å². The third-order valence-electron chi connectivity index (χ3n) is 9.39. The van der Waals surface area contributed by atoms with Crippen LogP contribution >= 0.6 is 0 Å². The summed E-state index contributed by atoms with van der Waals surface area (Å²) >= 11 is 0. The van der Waals surface area contributed by atoms with E-state index < -0.39 is 0 Å². The lowest BCUT2D eigenvalue weighted by molar-refractivity contribution is -0.727. The predicted octanol–water partition coefficient (Wildman–Crippen LogP) is 13.3. The van der Waals surface area contributed by atoms with Crippen LogP contribution in [0.15, 0.2) is 12.4 Å². The number of unbranched alkanes of at least 4 members (excludes halogenated alkanes) is 23. The van der Waals surface area contributed by atoms with Crippen molar-refractivity contribution in [1.82, 2.24) is 4.98 Å². The Hall–Kier alpha value is -0.790. The molecule has 0 saturated carbocycles. The summed E-state index contributed by atoms with van der Waals surface area (Å²) < 4.78 is 2.63. The highest BCUT2D eigenvalue weighted by molar-refractivity contribution is 4.90. The third kappa shape index (κ3) is 20.1. The SMILES string of the molecule is CCCCCCCCCCCCC(CCCCCCCCCCC)c1[nH]cc[n+]1C(C)CCCCCCCCC. The van der Waals surface area contributed by atoms with Gasteiger partial charge < -0.3 is 0 Å². The molecule has 2 nitrogen and oxygen atoms in total. The lowest BCUT2D eigenvalue weighted by Crippen LogP contribution is -2.41. The molecular formula is C38H75N2+. The molecule has 2 heteroatoms. The quantitative estimate of drug-likeness (QED) is 0.0689. The lowest BCUT2D eigenvalue weighted by Gasteiger charge is -2.17. The zero-order valence-electron chi connectivity index (χ0n) is 28.3. The van der Waals surface area contributed by atoms with E-state index in [0.717, 1.165) is 0 Å². The Labute approximate surface area is 253 Å². The van der Waals surface area contributed by atoms with E-state index in [1.807, 2.05) is 0 Å². The molecule has 2 atom stereocenters. The van der Waals surface area contributed by atoms with Gasteiger partial charge in [0.25, 0.3) is 5.82 Å². The number of rotatable bonds is 31. The second-order valence-corrected chi connectivity index (χ2v) is 13.3. The number of aromatic nitrogens is 2. The van der Waals surface area contributed by atoms with Crippen LogP contribution in [0.5, 0.6) is 0 Å². The van der Waals surface area contributed by atoms with Gasteiger partial charge in [0.05, 0.1) is 12.0 Å². The van der Waals surface area contributed by atoms with Crippen LogP contribution in [0, 0.1) is 0 Å². The van der Waals surface area contributed by atoms with E-state index in [4.69, 9.17) is 0 Å². The highest BCUT2D eigenvalue weighted by atomic mass is 15.1. The number of imidazole rings is 1. The van der Waals surface area contributed by atoms with Crippen LogP contribution in [0.25, 0.3) is 0 Å². The van der Waals surface area contributed by atoms with Crippen molar-refractivity contribution in [3.63, 3.8) is 0 Å². The lowest BCUT2D eigenvalue weighted by atomic mass is 9.92. The maximum atomic E-state index is 3.74. The fraction of sp³-hybridized carbons (Fsp3) is 0.921. The summed E-state index contributed by atoms with van der Waals surface area (Å²) in [5, 5.41) is 0. The molecule has 0 amide bonds. The van der Waals surface area contributed by atoms with Crippen molar-refractivity contribution in [3.8, 4) is 0 Å². The second-order valence-electron chi connectivity index (χ2n) is 13.3. The topological polar surface area (TPSA) is 19.7 Å². The number of nitrogens with zero attached hydrogens (tertiary/aromatic N) is 1. The molecule has 0 aliphatic carbocycles. The Morgan fingerprint density at radius 3 is 1.18 bits per heavy atom. The molecular weight excluding hydrogens is 484 g/mol. The maximum absolute atomic E-state index is 3.74. The molecule has 0 aliphatic rings. The minimum atomic E-state index is 0.621. The summed E-state index contributed by atoms with van der Waals surface area (Å²) in [6.07, 6.45) is 45.7. The van der Waals surface area contributed by atoms with Crippen molar-refractivity contribution < 1.29 is 4.57 Å². The molecule has 0 bridgehead atoms. The van der Waals surface area contributed by atoms with E-state index in [2.05, 4.69) is 49.6 Å². The summed E-state index contributed by atoms with van der Waals surface area (Å²) in [5.74, 6) is 2.25. The molecule has 1 aromatic heterocycles. The van der Waals surface area contributed by atoms with Crippen LogP contribution in [-0.4, -0.2) is 4.98 Å². The van der Waals surface area contributed by atoms with Gasteiger partial charge in [0.1, 0.15) is 12.4 Å². The second kappa shape index (κ2) is 28.3. The number of hydrogen-bond donors (Lipinski definition) is 1. The fourth-order valence-electron chi connectivity index (χ4n) is 6.60. The van der Waals surface area contributed by atoms with E-state index in [0.29, 0.717) is 12.0 Å². The van der Waals surface area contributed by atoms with E-state index >= 15 is 0 Å². The van der Waals surface area contributed by atoms with Gasteiger partial charge in [-0.05, 0) is 32.6 Å². The predicted molar refractivity (Wildman–Crippen MR) is 179 cm³/mol. The summed E-state index contributed by atoms with van der Waals surface area (Å²) in [6.45, 7) is 9.40. The molecule has 40 heavy (non-hydrogen) atoms. The highest BCUT2D eigenvalue weighted by Crippen LogP contribution is 2.27. The Kier molecular flexibility index (Phi) is 26.4. The summed E-state index contributed by atoms with van der Waals surface area (Å²) in [6, 6.07) is 0.621. The monoisotopic (exact) mass is 560 g/mol. The van der Waals surface area contributed by atoms with Gasteiger partial charge in [-0.3, -0.25) is 0 Å². The number of nitrogens with one attached hydrogen (secondary N) is 1. The summed E-state index contributed by atoms with van der Waals surface area (Å²) in [7, 11) is 0. The normalized spacial score (nSPS) is 13.2. The van der Waals surface area contributed by atoms with Crippen molar-refractivity contribution in [1.29, 1.82) is 0 Å². The molecule has 0 aromatic carbocycles. The molecule has 1 rings (SSSR count). The number of aromatic amines is 1. The first kappa shape index (κ1) is 37.2. The Balaban J connectivity index is 2.46. The van der Waals surface area contributed by atoms with Crippen molar-refractivity contribution in [2.45, 2.75) is 226 Å². The van der Waals surface area contributed by atoms with Gasteiger partial charge in [0, 0.05) is 0 Å². The van der Waals surface area contributed by atoms with Crippen molar-refractivity contribution in [3.05, 3.63) is 18.2 Å². The van der Waals surface area contributed by atoms with Crippen molar-refractivity contribution in [2.24, 2.45) is 0 Å². The van der Waals surface area contributed by atoms with E-state index in [1.54, 1.807) is 0 Å². The van der Waals surface area contributed by atoms with Crippen LogP contribution in [0.3, 0.4) is 0 Å². The molecule has 0 spiro atoms. The average Bonchev–Trinajstić information content (AvgIpc) is 3.45. The summed E-state index contributed by atoms with van der Waals surface area (Å²) in [4.78, 5) is 3.74. The average molecular weight is 560 g/mol. The van der Waals surface area contributed by atoms with E-state index in [1.165, 1.54) is 192 Å². The summed E-state index contributed by atoms with van der Waals surface area (Å²) in [5.41, 5.74) is 0. The number of hydrogen-bond acceptors (Lipinski definition) is 0. The van der Waals surface area contributed by atoms with Crippen LogP contribution < -0.4 is 4.57 Å². The Morgan fingerprint density at radius 2 is 0.800 bits per heavy atom. The molecule has 1 aromatic rings. The minimum Gasteiger partial charge on any atom is -0.247 e. The molecule has 0 fully saturated rings. The standard InChI is InChI=1S/C38H74N2/c1-5-8-11-14-17-19-21-24-27-30-33-37(32-29-26-23-20-18-15-12-9-6-2)38-39-34-35-40(38)36(4)31-28-25-22-16-13-10-7-3/h34-37H,5-33H2,1-4H3/p+1. The van der Waals surface area contributed by atoms with Gasteiger partial charge in [-0.25, -0.2) is 9.55 Å². The first-order valence-corrected chi connectivity index (χ1v) is 18.8. The van der Waals surface area contributed by atoms with Gasteiger partial charge in [-0.15, -0.1) is 0 Å². The third-order valence-corrected chi connectivity index (χ3v) is 9.39. The molecule has 0 saturated heterocycles. The van der Waals surface area contributed by atoms with Gasteiger partial charge in [-0.1, -0.05) is 181 Å². The van der Waals surface area contributed by atoms with E-state index in [9.17, 15) is 0 Å². The van der Waals surface area contributed by atoms with Gasteiger partial charge in [0.2, 0.25) is 0 Å². The molecule has 0 radical (unpaired) electrons. The largest absolute Gasteiger partial charge is 0.257 e. The zero-order valence-corrected chi connectivity index (χ0v) is 28.3. The zero-order chi connectivity index (χ0) is 28.9. The van der Waals surface area contributed by atoms with E-state index in [-0.39, 0.29) is 0 Å². The van der Waals surface area contributed by atoms with Crippen LogP contribution in [0.2, 0.25) is 0 Å². The highest BCUT2D eigenvalue weighted by Gasteiger charge is 2.25. The smallest absolute Gasteiger partial charge is 0.247 e. The molecule has 2 unspecified atom stereocenters. The van der Waals surface area contributed by atoms with Gasteiger partial charge >= 0.3 is 0 Å². The Bertz CT molecular complexity index is 621. The first-order valence-electron chi connectivity index (χ1n) is 18.8. The van der Waals surface area contributed by atoms with Gasteiger partial charge in [0.15, 0.2) is 0 Å². The van der Waals surface area contributed by atoms with Crippen molar-refractivity contribution in [2.75, 3.05) is 0 Å². The molecule has 1 heterocycles. The first-order chi connectivity index (χ1) is 19.7. The molecule has 236 valence electrons.